The Kier molecular flexibility index (Phi) is 10.3. The second-order valence-electron chi connectivity index (χ2n) is 5.87. The summed E-state index contributed by atoms with van der Waals surface area (Å²) in [6.45, 7) is 11.3. The number of rotatable bonds is 5. The van der Waals surface area contributed by atoms with Crippen molar-refractivity contribution >= 4 is 24.8 Å². The number of aryl methyl sites for hydroxylation is 2. The molecule has 1 saturated heterocycles. The van der Waals surface area contributed by atoms with Crippen molar-refractivity contribution in [3.8, 4) is 0 Å². The zero-order valence-corrected chi connectivity index (χ0v) is 15.2. The lowest BCUT2D eigenvalue weighted by Crippen LogP contribution is -2.45. The first-order valence-corrected chi connectivity index (χ1v) is 7.73. The maximum atomic E-state index is 3.46. The van der Waals surface area contributed by atoms with Crippen LogP contribution in [-0.4, -0.2) is 31.1 Å². The molecule has 1 aromatic carbocycles. The smallest absolute Gasteiger partial charge is 0.0349 e. The van der Waals surface area contributed by atoms with Crippen molar-refractivity contribution in [2.45, 2.75) is 46.1 Å². The van der Waals surface area contributed by atoms with Gasteiger partial charge in [0.1, 0.15) is 0 Å². The van der Waals surface area contributed by atoms with E-state index in [4.69, 9.17) is 0 Å². The van der Waals surface area contributed by atoms with Crippen molar-refractivity contribution in [1.82, 2.24) is 10.2 Å². The summed E-state index contributed by atoms with van der Waals surface area (Å²) < 4.78 is 0. The van der Waals surface area contributed by atoms with E-state index in [0.717, 1.165) is 13.1 Å². The molecule has 0 aromatic heterocycles. The lowest BCUT2D eigenvalue weighted by atomic mass is 9.95. The molecule has 1 fully saturated rings. The van der Waals surface area contributed by atoms with Crippen LogP contribution in [0.2, 0.25) is 0 Å². The number of unbranched alkanes of at least 4 members (excludes halogenated alkanes) is 1. The van der Waals surface area contributed by atoms with Crippen molar-refractivity contribution in [3.63, 3.8) is 0 Å². The number of nitrogens with one attached hydrogen (secondary N) is 1. The molecule has 1 aliphatic rings. The van der Waals surface area contributed by atoms with Gasteiger partial charge in [-0.2, -0.15) is 0 Å². The third kappa shape index (κ3) is 6.15. The van der Waals surface area contributed by atoms with Crippen LogP contribution in [0.5, 0.6) is 0 Å². The maximum Gasteiger partial charge on any atom is 0.0349 e. The van der Waals surface area contributed by atoms with Gasteiger partial charge in [0.25, 0.3) is 0 Å². The van der Waals surface area contributed by atoms with E-state index < -0.39 is 0 Å². The first-order valence-electron chi connectivity index (χ1n) is 7.73. The van der Waals surface area contributed by atoms with Crippen LogP contribution in [0.4, 0.5) is 0 Å². The standard InChI is InChI=1S/C17H28N2.2ClH/c1-4-5-6-17(19-9-7-18-8-10-19)16-12-14(2)11-15(3)13-16;;/h11-13,17-18H,4-10H2,1-3H3;2*1H/t17-;;/m0../s1. The third-order valence-corrected chi connectivity index (χ3v) is 4.05. The quantitative estimate of drug-likeness (QED) is 0.865. The second kappa shape index (κ2) is 10.4. The highest BCUT2D eigenvalue weighted by Crippen LogP contribution is 2.28. The van der Waals surface area contributed by atoms with Gasteiger partial charge >= 0.3 is 0 Å². The van der Waals surface area contributed by atoms with Gasteiger partial charge < -0.3 is 5.32 Å². The van der Waals surface area contributed by atoms with Gasteiger partial charge in [-0.15, -0.1) is 24.8 Å². The van der Waals surface area contributed by atoms with Crippen LogP contribution < -0.4 is 5.32 Å². The van der Waals surface area contributed by atoms with E-state index in [2.05, 4.69) is 49.2 Å². The van der Waals surface area contributed by atoms with Crippen molar-refractivity contribution in [1.29, 1.82) is 0 Å². The largest absolute Gasteiger partial charge is 0.314 e. The molecular weight excluding hydrogens is 303 g/mol. The molecule has 122 valence electrons. The van der Waals surface area contributed by atoms with Gasteiger partial charge in [0.15, 0.2) is 0 Å². The van der Waals surface area contributed by atoms with E-state index in [0.29, 0.717) is 6.04 Å². The predicted molar refractivity (Wildman–Crippen MR) is 97.1 cm³/mol. The number of hydrogen-bond donors (Lipinski definition) is 1. The molecule has 0 amide bonds. The monoisotopic (exact) mass is 332 g/mol. The normalized spacial score (nSPS) is 16.7. The van der Waals surface area contributed by atoms with Crippen LogP contribution in [0.1, 0.15) is 48.9 Å². The number of piperazine rings is 1. The molecule has 1 heterocycles. The van der Waals surface area contributed by atoms with Gasteiger partial charge in [-0.1, -0.05) is 49.1 Å². The molecule has 1 aromatic rings. The molecular formula is C17H30Cl2N2. The Morgan fingerprint density at radius 2 is 1.62 bits per heavy atom. The molecule has 2 rings (SSSR count). The highest BCUT2D eigenvalue weighted by Gasteiger charge is 2.21. The zero-order chi connectivity index (χ0) is 13.7. The molecule has 0 radical (unpaired) electrons. The molecule has 1 N–H and O–H groups in total. The third-order valence-electron chi connectivity index (χ3n) is 4.05. The average molecular weight is 333 g/mol. The van der Waals surface area contributed by atoms with E-state index in [-0.39, 0.29) is 24.8 Å². The van der Waals surface area contributed by atoms with Crippen molar-refractivity contribution in [3.05, 3.63) is 34.9 Å². The van der Waals surface area contributed by atoms with Crippen LogP contribution in [0, 0.1) is 13.8 Å². The van der Waals surface area contributed by atoms with Crippen LogP contribution in [0.15, 0.2) is 18.2 Å². The van der Waals surface area contributed by atoms with Crippen LogP contribution >= 0.6 is 24.8 Å². The molecule has 2 nitrogen and oxygen atoms in total. The number of halogens is 2. The van der Waals surface area contributed by atoms with E-state index in [1.165, 1.54) is 49.0 Å². The fourth-order valence-electron chi connectivity index (χ4n) is 3.15. The minimum absolute atomic E-state index is 0. The zero-order valence-electron chi connectivity index (χ0n) is 13.5. The van der Waals surface area contributed by atoms with Gasteiger partial charge in [-0.3, -0.25) is 4.90 Å². The van der Waals surface area contributed by atoms with Crippen molar-refractivity contribution < 1.29 is 0 Å². The Hall–Kier alpha value is -0.280. The SMILES string of the molecule is CCCC[C@@H](c1cc(C)cc(C)c1)N1CCNCC1.Cl.Cl. The Balaban J connectivity index is 0.00000200. The van der Waals surface area contributed by atoms with Crippen molar-refractivity contribution in [2.75, 3.05) is 26.2 Å². The van der Waals surface area contributed by atoms with Gasteiger partial charge in [0.05, 0.1) is 0 Å². The van der Waals surface area contributed by atoms with Gasteiger partial charge in [0.2, 0.25) is 0 Å². The highest BCUT2D eigenvalue weighted by molar-refractivity contribution is 5.85. The Bertz CT molecular complexity index is 384. The van der Waals surface area contributed by atoms with Crippen molar-refractivity contribution in [2.24, 2.45) is 0 Å². The summed E-state index contributed by atoms with van der Waals surface area (Å²) >= 11 is 0. The predicted octanol–water partition coefficient (Wildman–Crippen LogP) is 4.28. The summed E-state index contributed by atoms with van der Waals surface area (Å²) in [5.41, 5.74) is 4.31. The van der Waals surface area contributed by atoms with Crippen LogP contribution in [-0.2, 0) is 0 Å². The maximum absolute atomic E-state index is 3.46. The van der Waals surface area contributed by atoms with E-state index >= 15 is 0 Å². The summed E-state index contributed by atoms with van der Waals surface area (Å²) in [5.74, 6) is 0. The topological polar surface area (TPSA) is 15.3 Å². The lowest BCUT2D eigenvalue weighted by molar-refractivity contribution is 0.163. The van der Waals surface area contributed by atoms with E-state index in [1.807, 2.05) is 0 Å². The van der Waals surface area contributed by atoms with E-state index in [1.54, 1.807) is 0 Å². The fraction of sp³-hybridized carbons (Fsp3) is 0.647. The van der Waals surface area contributed by atoms with Gasteiger partial charge in [-0.25, -0.2) is 0 Å². The summed E-state index contributed by atoms with van der Waals surface area (Å²) in [7, 11) is 0. The van der Waals surface area contributed by atoms with Gasteiger partial charge in [0, 0.05) is 32.2 Å². The van der Waals surface area contributed by atoms with Crippen LogP contribution in [0.3, 0.4) is 0 Å². The Labute approximate surface area is 142 Å². The Morgan fingerprint density at radius 3 is 2.14 bits per heavy atom. The lowest BCUT2D eigenvalue weighted by Gasteiger charge is -2.35. The summed E-state index contributed by atoms with van der Waals surface area (Å²) in [6.07, 6.45) is 3.90. The summed E-state index contributed by atoms with van der Waals surface area (Å²) in [5, 5.41) is 3.46. The summed E-state index contributed by atoms with van der Waals surface area (Å²) in [6, 6.07) is 7.66. The average Bonchev–Trinajstić information content (AvgIpc) is 2.39. The molecule has 0 aliphatic carbocycles. The highest BCUT2D eigenvalue weighted by atomic mass is 35.5. The molecule has 0 spiro atoms. The minimum atomic E-state index is 0. The second-order valence-corrected chi connectivity index (χ2v) is 5.87. The van der Waals surface area contributed by atoms with Crippen LogP contribution in [0.25, 0.3) is 0 Å². The fourth-order valence-corrected chi connectivity index (χ4v) is 3.15. The molecule has 21 heavy (non-hydrogen) atoms. The molecule has 0 bridgehead atoms. The first kappa shape index (κ1) is 20.7. The molecule has 4 heteroatoms. The first-order chi connectivity index (χ1) is 9.20. The Morgan fingerprint density at radius 1 is 1.05 bits per heavy atom. The molecule has 1 aliphatic heterocycles. The molecule has 1 atom stereocenters. The van der Waals surface area contributed by atoms with E-state index in [9.17, 15) is 0 Å². The molecule has 0 unspecified atom stereocenters. The summed E-state index contributed by atoms with van der Waals surface area (Å²) in [4.78, 5) is 2.67. The number of hydrogen-bond acceptors (Lipinski definition) is 2. The molecule has 0 saturated carbocycles. The van der Waals surface area contributed by atoms with Gasteiger partial charge in [-0.05, 0) is 25.8 Å². The number of nitrogens with zero attached hydrogens (tertiary/aromatic N) is 1. The minimum Gasteiger partial charge on any atom is -0.314 e. The number of benzene rings is 1.